The molecule has 0 atom stereocenters. The number of aliphatic hydroxyl groups excluding tert-OH is 1. The van der Waals surface area contributed by atoms with E-state index >= 15 is 0 Å². The Labute approximate surface area is 108 Å². The van der Waals surface area contributed by atoms with Crippen molar-refractivity contribution in [2.45, 2.75) is 25.3 Å². The molecule has 0 amide bonds. The van der Waals surface area contributed by atoms with Crippen molar-refractivity contribution in [3.63, 3.8) is 0 Å². The summed E-state index contributed by atoms with van der Waals surface area (Å²) in [4.78, 5) is 4.00. The number of nitrogens with zero attached hydrogens (tertiary/aromatic N) is 2. The van der Waals surface area contributed by atoms with E-state index in [1.165, 1.54) is 11.3 Å². The lowest BCUT2D eigenvalue weighted by Gasteiger charge is -2.05. The quantitative estimate of drug-likeness (QED) is 0.770. The summed E-state index contributed by atoms with van der Waals surface area (Å²) in [6.45, 7) is 2.90. The third kappa shape index (κ3) is 2.37. The molecule has 9 heteroatoms. The van der Waals surface area contributed by atoms with Crippen LogP contribution in [0.3, 0.4) is 0 Å². The smallest absolute Gasteiger partial charge is 0.267 e. The fourth-order valence-electron chi connectivity index (χ4n) is 1.50. The van der Waals surface area contributed by atoms with Crippen LogP contribution in [0.4, 0.5) is 5.13 Å². The molecule has 0 aliphatic heterocycles. The summed E-state index contributed by atoms with van der Waals surface area (Å²) < 4.78 is 26.7. The van der Waals surface area contributed by atoms with Crippen LogP contribution in [0.15, 0.2) is 10.3 Å². The van der Waals surface area contributed by atoms with Crippen LogP contribution >= 0.6 is 11.3 Å². The second-order valence-electron chi connectivity index (χ2n) is 3.68. The molecule has 0 saturated carbocycles. The van der Waals surface area contributed by atoms with Gasteiger partial charge in [0.15, 0.2) is 5.13 Å². The highest BCUT2D eigenvalue weighted by Gasteiger charge is 2.24. The summed E-state index contributed by atoms with van der Waals surface area (Å²) in [5.74, 6) is 0. The molecule has 2 aromatic rings. The Morgan fingerprint density at radius 1 is 1.50 bits per heavy atom. The van der Waals surface area contributed by atoms with Gasteiger partial charge in [-0.15, -0.1) is 11.3 Å². The first-order valence-corrected chi connectivity index (χ1v) is 7.40. The number of aromatic nitrogens is 3. The van der Waals surface area contributed by atoms with Crippen LogP contribution in [0.25, 0.3) is 0 Å². The molecule has 0 radical (unpaired) electrons. The van der Waals surface area contributed by atoms with Crippen LogP contribution in [0, 0.1) is 13.8 Å². The van der Waals surface area contributed by atoms with Gasteiger partial charge in [0.25, 0.3) is 10.0 Å². The van der Waals surface area contributed by atoms with E-state index in [-0.39, 0.29) is 15.7 Å². The number of aryl methyl sites for hydroxylation is 2. The Balaban J connectivity index is 2.39. The minimum atomic E-state index is -3.79. The van der Waals surface area contributed by atoms with Gasteiger partial charge in [-0.2, -0.15) is 5.10 Å². The highest BCUT2D eigenvalue weighted by atomic mass is 32.2. The molecule has 18 heavy (non-hydrogen) atoms. The van der Waals surface area contributed by atoms with Crippen molar-refractivity contribution in [3.8, 4) is 0 Å². The Kier molecular flexibility index (Phi) is 3.37. The standard InChI is InChI=1S/C9H12N4O3S2/c1-5-4-17-9(10-5)13-18(15,16)8-6(2)11-12-7(8)3-14/h4,14H,3H2,1-2H3,(H,10,13)(H,11,12). The van der Waals surface area contributed by atoms with E-state index in [9.17, 15) is 8.42 Å². The molecule has 98 valence electrons. The summed E-state index contributed by atoms with van der Waals surface area (Å²) in [5.41, 5.74) is 1.21. The first kappa shape index (κ1) is 13.0. The van der Waals surface area contributed by atoms with Crippen LogP contribution in [0.5, 0.6) is 0 Å². The highest BCUT2D eigenvalue weighted by molar-refractivity contribution is 7.93. The predicted octanol–water partition coefficient (Wildman–Crippen LogP) is 0.776. The van der Waals surface area contributed by atoms with E-state index in [0.717, 1.165) is 5.69 Å². The van der Waals surface area contributed by atoms with Gasteiger partial charge < -0.3 is 5.11 Å². The molecule has 0 spiro atoms. The Bertz CT molecular complexity index is 659. The van der Waals surface area contributed by atoms with E-state index in [0.29, 0.717) is 5.69 Å². The Hall–Kier alpha value is -1.45. The van der Waals surface area contributed by atoms with Crippen LogP contribution in [-0.4, -0.2) is 28.7 Å². The number of aliphatic hydroxyl groups is 1. The number of hydrogen-bond donors (Lipinski definition) is 3. The second-order valence-corrected chi connectivity index (χ2v) is 6.16. The zero-order valence-electron chi connectivity index (χ0n) is 9.76. The van der Waals surface area contributed by atoms with Crippen molar-refractivity contribution in [1.29, 1.82) is 0 Å². The van der Waals surface area contributed by atoms with E-state index in [4.69, 9.17) is 5.11 Å². The van der Waals surface area contributed by atoms with Crippen molar-refractivity contribution in [1.82, 2.24) is 15.2 Å². The maximum atomic E-state index is 12.2. The molecular weight excluding hydrogens is 276 g/mol. The Morgan fingerprint density at radius 2 is 2.22 bits per heavy atom. The van der Waals surface area contributed by atoms with Crippen molar-refractivity contribution < 1.29 is 13.5 Å². The average molecular weight is 288 g/mol. The minimum absolute atomic E-state index is 0.0298. The van der Waals surface area contributed by atoms with Crippen molar-refractivity contribution in [2.75, 3.05) is 4.72 Å². The normalized spacial score (nSPS) is 11.7. The molecule has 2 heterocycles. The number of anilines is 1. The molecule has 0 saturated heterocycles. The maximum Gasteiger partial charge on any atom is 0.267 e. The molecular formula is C9H12N4O3S2. The summed E-state index contributed by atoms with van der Waals surface area (Å²) in [7, 11) is -3.79. The van der Waals surface area contributed by atoms with Gasteiger partial charge in [-0.05, 0) is 13.8 Å². The molecule has 7 nitrogen and oxygen atoms in total. The average Bonchev–Trinajstić information content (AvgIpc) is 2.84. The van der Waals surface area contributed by atoms with E-state index in [1.54, 1.807) is 19.2 Å². The van der Waals surface area contributed by atoms with Gasteiger partial charge >= 0.3 is 0 Å². The van der Waals surface area contributed by atoms with Crippen LogP contribution in [-0.2, 0) is 16.6 Å². The molecule has 0 aromatic carbocycles. The zero-order valence-corrected chi connectivity index (χ0v) is 11.4. The molecule has 0 bridgehead atoms. The van der Waals surface area contributed by atoms with Gasteiger partial charge in [-0.3, -0.25) is 9.82 Å². The van der Waals surface area contributed by atoms with Gasteiger partial charge in [0, 0.05) is 5.38 Å². The number of nitrogens with one attached hydrogen (secondary N) is 2. The molecule has 2 rings (SSSR count). The van der Waals surface area contributed by atoms with E-state index in [2.05, 4.69) is 19.9 Å². The number of rotatable bonds is 4. The molecule has 0 unspecified atom stereocenters. The van der Waals surface area contributed by atoms with Gasteiger partial charge in [0.2, 0.25) is 0 Å². The first-order valence-electron chi connectivity index (χ1n) is 5.03. The number of aromatic amines is 1. The fraction of sp³-hybridized carbons (Fsp3) is 0.333. The summed E-state index contributed by atoms with van der Waals surface area (Å²) in [5, 5.41) is 17.4. The van der Waals surface area contributed by atoms with Gasteiger partial charge in [0.1, 0.15) is 10.6 Å². The van der Waals surface area contributed by atoms with Crippen LogP contribution in [0.2, 0.25) is 0 Å². The number of sulfonamides is 1. The number of H-pyrrole nitrogens is 1. The third-order valence-electron chi connectivity index (χ3n) is 2.22. The first-order chi connectivity index (χ1) is 8.44. The lowest BCUT2D eigenvalue weighted by Crippen LogP contribution is -2.15. The molecule has 0 fully saturated rings. The van der Waals surface area contributed by atoms with Gasteiger partial charge in [-0.25, -0.2) is 13.4 Å². The zero-order chi connectivity index (χ0) is 13.3. The predicted molar refractivity (Wildman–Crippen MR) is 66.9 cm³/mol. The summed E-state index contributed by atoms with van der Waals surface area (Å²) in [6, 6.07) is 0. The van der Waals surface area contributed by atoms with E-state index < -0.39 is 16.6 Å². The SMILES string of the molecule is Cc1csc(NS(=O)(=O)c2c(CO)n[nH]c2C)n1. The molecule has 2 aromatic heterocycles. The molecule has 3 N–H and O–H groups in total. The van der Waals surface area contributed by atoms with Crippen LogP contribution in [0.1, 0.15) is 17.1 Å². The highest BCUT2D eigenvalue weighted by Crippen LogP contribution is 2.23. The van der Waals surface area contributed by atoms with Crippen molar-refractivity contribution >= 4 is 26.5 Å². The van der Waals surface area contributed by atoms with Crippen LogP contribution < -0.4 is 4.72 Å². The topological polar surface area (TPSA) is 108 Å². The van der Waals surface area contributed by atoms with Gasteiger partial charge in [-0.1, -0.05) is 0 Å². The third-order valence-corrected chi connectivity index (χ3v) is 4.77. The number of hydrogen-bond acceptors (Lipinski definition) is 6. The summed E-state index contributed by atoms with van der Waals surface area (Å²) in [6.07, 6.45) is 0. The Morgan fingerprint density at radius 3 is 2.78 bits per heavy atom. The van der Waals surface area contributed by atoms with E-state index in [1.807, 2.05) is 0 Å². The van der Waals surface area contributed by atoms with Crippen molar-refractivity contribution in [3.05, 3.63) is 22.5 Å². The monoisotopic (exact) mass is 288 g/mol. The minimum Gasteiger partial charge on any atom is -0.390 e. The van der Waals surface area contributed by atoms with Gasteiger partial charge in [0.05, 0.1) is 18.0 Å². The number of thiazole rings is 1. The van der Waals surface area contributed by atoms with Crippen molar-refractivity contribution in [2.24, 2.45) is 0 Å². The second kappa shape index (κ2) is 4.67. The molecule has 0 aliphatic carbocycles. The largest absolute Gasteiger partial charge is 0.390 e. The lowest BCUT2D eigenvalue weighted by atomic mass is 10.4. The fourth-order valence-corrected chi connectivity index (χ4v) is 3.80. The maximum absolute atomic E-state index is 12.2. The molecule has 0 aliphatic rings. The lowest BCUT2D eigenvalue weighted by molar-refractivity contribution is 0.273. The summed E-state index contributed by atoms with van der Waals surface area (Å²) >= 11 is 1.20.